The van der Waals surface area contributed by atoms with Gasteiger partial charge in [0.25, 0.3) is 5.91 Å². The van der Waals surface area contributed by atoms with Crippen LogP contribution in [0.5, 0.6) is 0 Å². The van der Waals surface area contributed by atoms with Crippen molar-refractivity contribution < 1.29 is 22.4 Å². The zero-order valence-corrected chi connectivity index (χ0v) is 16.5. The first kappa shape index (κ1) is 19.2. The van der Waals surface area contributed by atoms with Crippen molar-refractivity contribution in [2.75, 3.05) is 5.32 Å². The van der Waals surface area contributed by atoms with Gasteiger partial charge in [-0.05, 0) is 31.6 Å². The average Bonchev–Trinajstić information content (AvgIpc) is 3.04. The summed E-state index contributed by atoms with van der Waals surface area (Å²) in [5.41, 5.74) is 0. The molecule has 8 nitrogen and oxygen atoms in total. The molecule has 1 N–H and O–H groups in total. The summed E-state index contributed by atoms with van der Waals surface area (Å²) in [6, 6.07) is -0.814. The molecule has 2 aromatic rings. The van der Waals surface area contributed by atoms with Crippen LogP contribution in [0.4, 0.5) is 9.52 Å². The van der Waals surface area contributed by atoms with Crippen LogP contribution in [0.25, 0.3) is 0 Å². The van der Waals surface area contributed by atoms with Gasteiger partial charge in [0, 0.05) is 19.0 Å². The van der Waals surface area contributed by atoms with Crippen molar-refractivity contribution in [1.82, 2.24) is 14.8 Å². The van der Waals surface area contributed by atoms with Crippen LogP contribution in [0.2, 0.25) is 0 Å². The maximum Gasteiger partial charge on any atom is 0.251 e. The highest BCUT2D eigenvalue weighted by Gasteiger charge is 2.38. The minimum Gasteiger partial charge on any atom is -0.300 e. The summed E-state index contributed by atoms with van der Waals surface area (Å²) in [4.78, 5) is 28.3. The second-order valence-electron chi connectivity index (χ2n) is 7.26. The monoisotopic (exact) mass is 426 g/mol. The van der Waals surface area contributed by atoms with Crippen molar-refractivity contribution in [3.63, 3.8) is 0 Å². The van der Waals surface area contributed by atoms with Crippen molar-refractivity contribution in [2.24, 2.45) is 5.92 Å². The van der Waals surface area contributed by atoms with E-state index in [1.54, 1.807) is 0 Å². The summed E-state index contributed by atoms with van der Waals surface area (Å²) in [5.74, 6) is -0.292. The Balaban J connectivity index is 1.58. The first-order valence-corrected chi connectivity index (χ1v) is 11.4. The normalized spacial score (nSPS) is 21.0. The van der Waals surface area contributed by atoms with E-state index < -0.39 is 26.9 Å². The average molecular weight is 426 g/mol. The van der Waals surface area contributed by atoms with E-state index in [4.69, 9.17) is 0 Å². The molecule has 2 aromatic heterocycles. The molecule has 1 unspecified atom stereocenters. The molecule has 0 aromatic carbocycles. The van der Waals surface area contributed by atoms with Gasteiger partial charge in [-0.1, -0.05) is 11.3 Å². The number of sulfone groups is 1. The molecule has 2 fully saturated rings. The van der Waals surface area contributed by atoms with Gasteiger partial charge >= 0.3 is 0 Å². The molecule has 0 radical (unpaired) electrons. The number of aromatic nitrogens is 3. The van der Waals surface area contributed by atoms with Crippen molar-refractivity contribution in [1.29, 1.82) is 0 Å². The number of rotatable bonds is 7. The summed E-state index contributed by atoms with van der Waals surface area (Å²) < 4.78 is 39.4. The predicted octanol–water partition coefficient (Wildman–Crippen LogP) is 2.35. The zero-order valence-electron chi connectivity index (χ0n) is 14.9. The Hall–Kier alpha value is -2.14. The lowest BCUT2D eigenvalue weighted by molar-refractivity contribution is -0.121. The first-order valence-electron chi connectivity index (χ1n) is 9.05. The topological polar surface area (TPSA) is 111 Å². The van der Waals surface area contributed by atoms with Gasteiger partial charge in [0.2, 0.25) is 0 Å². The highest BCUT2D eigenvalue weighted by molar-refractivity contribution is 7.92. The van der Waals surface area contributed by atoms with Crippen LogP contribution in [-0.4, -0.2) is 40.1 Å². The number of ketones is 1. The van der Waals surface area contributed by atoms with Gasteiger partial charge in [-0.3, -0.25) is 14.3 Å². The summed E-state index contributed by atoms with van der Waals surface area (Å²) in [5, 5.41) is 5.91. The molecule has 2 saturated carbocycles. The van der Waals surface area contributed by atoms with Crippen LogP contribution >= 0.6 is 11.3 Å². The second-order valence-corrected chi connectivity index (χ2v) is 10.5. The molecule has 0 bridgehead atoms. The molecule has 2 heterocycles. The molecule has 1 amide bonds. The van der Waals surface area contributed by atoms with Crippen LogP contribution in [0.3, 0.4) is 0 Å². The van der Waals surface area contributed by atoms with Crippen LogP contribution < -0.4 is 5.32 Å². The zero-order chi connectivity index (χ0) is 19.9. The number of nitrogens with one attached hydrogen (secondary N) is 1. The second kappa shape index (κ2) is 7.36. The van der Waals surface area contributed by atoms with E-state index in [2.05, 4.69) is 15.4 Å². The standard InChI is InChI=1S/C17H19FN4O4S2/c18-15-8-19-17(27-15)21-16(24)14(6-10-1-2-11(23)5-10)22-9-13(7-20-22)28(25,26)12-3-4-12/h7-10,12,14H,1-6H2,(H,19,21,24)/t10-,14?/m1/s1. The molecule has 11 heteroatoms. The molecule has 0 spiro atoms. The number of hydrogen-bond acceptors (Lipinski definition) is 7. The number of nitrogens with zero attached hydrogens (tertiary/aromatic N) is 3. The van der Waals surface area contributed by atoms with Crippen molar-refractivity contribution >= 4 is 38.0 Å². The quantitative estimate of drug-likeness (QED) is 0.728. The molecule has 2 aliphatic carbocycles. The molecular weight excluding hydrogens is 407 g/mol. The molecule has 2 atom stereocenters. The number of Topliss-reactive ketones (excluding diaryl/α,β-unsaturated/α-hetero) is 1. The summed E-state index contributed by atoms with van der Waals surface area (Å²) in [7, 11) is -3.42. The smallest absolute Gasteiger partial charge is 0.251 e. The largest absolute Gasteiger partial charge is 0.300 e. The molecular formula is C17H19FN4O4S2. The lowest BCUT2D eigenvalue weighted by Gasteiger charge is -2.19. The number of anilines is 1. The van der Waals surface area contributed by atoms with E-state index >= 15 is 0 Å². The third kappa shape index (κ3) is 4.00. The maximum absolute atomic E-state index is 13.2. The summed E-state index contributed by atoms with van der Waals surface area (Å²) >= 11 is 0.704. The van der Waals surface area contributed by atoms with Gasteiger partial charge in [0.1, 0.15) is 16.7 Å². The predicted molar refractivity (Wildman–Crippen MR) is 99.1 cm³/mol. The van der Waals surface area contributed by atoms with Crippen LogP contribution in [0.1, 0.15) is 44.6 Å². The Labute approximate surface area is 165 Å². The number of carbonyl (C=O) groups is 2. The molecule has 2 aliphatic rings. The lowest BCUT2D eigenvalue weighted by Crippen LogP contribution is -2.28. The minimum absolute atomic E-state index is 0.0176. The van der Waals surface area contributed by atoms with Crippen molar-refractivity contribution in [3.8, 4) is 0 Å². The molecule has 0 saturated heterocycles. The third-order valence-electron chi connectivity index (χ3n) is 5.10. The SMILES string of the molecule is O=C1CC[C@@H](CC(C(=O)Nc2ncc(F)s2)n2cc(S(=O)(=O)C3CC3)cn2)C1. The van der Waals surface area contributed by atoms with E-state index in [9.17, 15) is 22.4 Å². The number of carbonyl (C=O) groups excluding carboxylic acids is 2. The van der Waals surface area contributed by atoms with E-state index in [1.807, 2.05) is 0 Å². The number of amides is 1. The van der Waals surface area contributed by atoms with Crippen LogP contribution in [-0.2, 0) is 19.4 Å². The maximum atomic E-state index is 13.2. The lowest BCUT2D eigenvalue weighted by atomic mass is 9.98. The molecule has 150 valence electrons. The van der Waals surface area contributed by atoms with Gasteiger partial charge in [0.05, 0.1) is 17.6 Å². The number of halogens is 1. The fourth-order valence-corrected chi connectivity index (χ4v) is 5.59. The Kier molecular flexibility index (Phi) is 5.04. The Morgan fingerprint density at radius 2 is 2.14 bits per heavy atom. The van der Waals surface area contributed by atoms with E-state index in [0.29, 0.717) is 49.9 Å². The highest BCUT2D eigenvalue weighted by Crippen LogP contribution is 2.35. The third-order valence-corrected chi connectivity index (χ3v) is 8.02. The molecule has 0 aliphatic heterocycles. The van der Waals surface area contributed by atoms with Gasteiger partial charge < -0.3 is 5.32 Å². The van der Waals surface area contributed by atoms with Crippen LogP contribution in [0.15, 0.2) is 23.5 Å². The van der Waals surface area contributed by atoms with E-state index in [1.165, 1.54) is 17.1 Å². The Bertz CT molecular complexity index is 1010. The van der Waals surface area contributed by atoms with Crippen molar-refractivity contribution in [3.05, 3.63) is 23.7 Å². The fourth-order valence-electron chi connectivity index (χ4n) is 3.45. The summed E-state index contributed by atoms with van der Waals surface area (Å²) in [6.45, 7) is 0. The highest BCUT2D eigenvalue weighted by atomic mass is 32.2. The number of hydrogen-bond donors (Lipinski definition) is 1. The Morgan fingerprint density at radius 3 is 2.75 bits per heavy atom. The fraction of sp³-hybridized carbons (Fsp3) is 0.529. The minimum atomic E-state index is -3.42. The van der Waals surface area contributed by atoms with Crippen LogP contribution in [0, 0.1) is 11.0 Å². The van der Waals surface area contributed by atoms with Gasteiger partial charge in [-0.15, -0.1) is 0 Å². The molecule has 28 heavy (non-hydrogen) atoms. The van der Waals surface area contributed by atoms with E-state index in [0.717, 1.165) is 6.20 Å². The van der Waals surface area contributed by atoms with Gasteiger partial charge in [-0.25, -0.2) is 13.4 Å². The van der Waals surface area contributed by atoms with Gasteiger partial charge in [0.15, 0.2) is 20.1 Å². The molecule has 4 rings (SSSR count). The number of thiazole rings is 1. The Morgan fingerprint density at radius 1 is 1.36 bits per heavy atom. The summed E-state index contributed by atoms with van der Waals surface area (Å²) in [6.07, 6.45) is 6.82. The van der Waals surface area contributed by atoms with Gasteiger partial charge in [-0.2, -0.15) is 9.49 Å². The van der Waals surface area contributed by atoms with Crippen molar-refractivity contribution in [2.45, 2.75) is 54.7 Å². The first-order chi connectivity index (χ1) is 13.3. The van der Waals surface area contributed by atoms with E-state index in [-0.39, 0.29) is 27.0 Å².